The Morgan fingerprint density at radius 1 is 1.57 bits per heavy atom. The molecule has 2 heterocycles. The van der Waals surface area contributed by atoms with Gasteiger partial charge in [0.15, 0.2) is 17.2 Å². The van der Waals surface area contributed by atoms with E-state index in [4.69, 9.17) is 27.2 Å². The van der Waals surface area contributed by atoms with E-state index in [-0.39, 0.29) is 10.3 Å². The van der Waals surface area contributed by atoms with Crippen LogP contribution in [0.25, 0.3) is 0 Å². The molecule has 4 N–H and O–H groups in total. The predicted octanol–water partition coefficient (Wildman–Crippen LogP) is -0.878. The summed E-state index contributed by atoms with van der Waals surface area (Å²) in [5.41, 5.74) is -0.819. The number of ether oxygens (including phenoxy) is 1. The first-order valence-electron chi connectivity index (χ1n) is 5.99. The van der Waals surface area contributed by atoms with E-state index in [2.05, 4.69) is 4.98 Å². The van der Waals surface area contributed by atoms with Gasteiger partial charge in [0.1, 0.15) is 12.2 Å². The highest BCUT2D eigenvalue weighted by molar-refractivity contribution is 7.71. The molecule has 21 heavy (non-hydrogen) atoms. The van der Waals surface area contributed by atoms with Crippen molar-refractivity contribution in [3.8, 4) is 0 Å². The average Bonchev–Trinajstić information content (AvgIpc) is 2.69. The van der Waals surface area contributed by atoms with Crippen LogP contribution >= 0.6 is 12.2 Å². The molecule has 1 aromatic heterocycles. The minimum Gasteiger partial charge on any atom is -0.481 e. The van der Waals surface area contributed by atoms with Gasteiger partial charge in [-0.25, -0.2) is 4.39 Å². The number of nitrogens with zero attached hydrogens (tertiary/aromatic N) is 1. The third-order valence-electron chi connectivity index (χ3n) is 3.13. The van der Waals surface area contributed by atoms with Crippen molar-refractivity contribution in [2.75, 3.05) is 6.61 Å². The van der Waals surface area contributed by atoms with Crippen molar-refractivity contribution in [2.45, 2.75) is 31.0 Å². The fourth-order valence-electron chi connectivity index (χ4n) is 2.08. The number of carboxylic acid groups (broad SMARTS) is 1. The maximum absolute atomic E-state index is 14.0. The SMILES string of the molecule is O=C(O)Cc1cn([C@@H]2O[C@H](CO)C(O)[C@@H]2F)c(=S)[nH]c1=O. The van der Waals surface area contributed by atoms with Crippen molar-refractivity contribution in [2.24, 2.45) is 0 Å². The monoisotopic (exact) mass is 320 g/mol. The lowest BCUT2D eigenvalue weighted by atomic mass is 10.1. The summed E-state index contributed by atoms with van der Waals surface area (Å²) >= 11 is 4.89. The molecule has 0 amide bonds. The molecule has 0 radical (unpaired) electrons. The Bertz CT molecular complexity index is 659. The maximum atomic E-state index is 14.0. The summed E-state index contributed by atoms with van der Waals surface area (Å²) in [6, 6.07) is 0. The number of rotatable bonds is 4. The van der Waals surface area contributed by atoms with E-state index in [1.165, 1.54) is 0 Å². The molecular weight excluding hydrogens is 307 g/mol. The second-order valence-electron chi connectivity index (χ2n) is 4.57. The van der Waals surface area contributed by atoms with Gasteiger partial charge in [-0.05, 0) is 12.2 Å². The van der Waals surface area contributed by atoms with Crippen LogP contribution in [-0.2, 0) is 16.0 Å². The number of carboxylic acids is 1. The van der Waals surface area contributed by atoms with Crippen LogP contribution in [0.5, 0.6) is 0 Å². The van der Waals surface area contributed by atoms with E-state index in [0.29, 0.717) is 0 Å². The van der Waals surface area contributed by atoms with E-state index in [0.717, 1.165) is 10.8 Å². The fourth-order valence-corrected chi connectivity index (χ4v) is 2.33. The number of H-pyrrole nitrogens is 1. The van der Waals surface area contributed by atoms with Crippen LogP contribution in [0.15, 0.2) is 11.0 Å². The van der Waals surface area contributed by atoms with Gasteiger partial charge >= 0.3 is 5.97 Å². The molecule has 1 aromatic rings. The Labute approximate surface area is 122 Å². The summed E-state index contributed by atoms with van der Waals surface area (Å²) in [7, 11) is 0. The van der Waals surface area contributed by atoms with Crippen LogP contribution in [-0.4, -0.2) is 55.8 Å². The predicted molar refractivity (Wildman–Crippen MR) is 69.1 cm³/mol. The van der Waals surface area contributed by atoms with Gasteiger partial charge in [0, 0.05) is 11.8 Å². The first kappa shape index (κ1) is 15.8. The molecule has 0 aliphatic carbocycles. The molecule has 1 aliphatic heterocycles. The number of aliphatic hydroxyl groups excluding tert-OH is 2. The van der Waals surface area contributed by atoms with Gasteiger partial charge in [-0.15, -0.1) is 0 Å². The molecule has 1 fully saturated rings. The van der Waals surface area contributed by atoms with E-state index in [9.17, 15) is 19.1 Å². The van der Waals surface area contributed by atoms with Crippen molar-refractivity contribution < 1.29 is 29.2 Å². The summed E-state index contributed by atoms with van der Waals surface area (Å²) < 4.78 is 20.0. The molecule has 1 unspecified atom stereocenters. The largest absolute Gasteiger partial charge is 0.481 e. The van der Waals surface area contributed by atoms with E-state index in [1.54, 1.807) is 0 Å². The maximum Gasteiger partial charge on any atom is 0.308 e. The second kappa shape index (κ2) is 6.02. The Hall–Kier alpha value is -1.62. The van der Waals surface area contributed by atoms with Crippen LogP contribution in [0.1, 0.15) is 11.8 Å². The first-order chi connectivity index (χ1) is 9.85. The standard InChI is InChI=1S/C11H13FN2O6S/c12-7-8(18)5(3-15)20-10(7)14-2-4(1-6(16)17)9(19)13-11(14)21/h2,5,7-8,10,15,18H,1,3H2,(H,16,17)(H,13,19,21)/t5-,7+,8?,10-/m1/s1. The minimum absolute atomic E-state index is 0.131. The molecule has 0 aromatic carbocycles. The third kappa shape index (κ3) is 3.02. The Kier molecular flexibility index (Phi) is 4.52. The molecule has 1 aliphatic rings. The molecule has 10 heteroatoms. The lowest BCUT2D eigenvalue weighted by molar-refractivity contribution is -0.136. The number of hydrogen-bond donors (Lipinski definition) is 4. The summed E-state index contributed by atoms with van der Waals surface area (Å²) in [6.07, 6.45) is -5.38. The minimum atomic E-state index is -1.88. The highest BCUT2D eigenvalue weighted by atomic mass is 32.1. The summed E-state index contributed by atoms with van der Waals surface area (Å²) in [5, 5.41) is 27.3. The number of aromatic nitrogens is 2. The molecule has 8 nitrogen and oxygen atoms in total. The van der Waals surface area contributed by atoms with Crippen molar-refractivity contribution in [3.05, 3.63) is 26.9 Å². The Morgan fingerprint density at radius 3 is 2.76 bits per heavy atom. The highest BCUT2D eigenvalue weighted by Crippen LogP contribution is 2.31. The zero-order valence-corrected chi connectivity index (χ0v) is 11.4. The first-order valence-corrected chi connectivity index (χ1v) is 6.40. The lowest BCUT2D eigenvalue weighted by Crippen LogP contribution is -2.31. The average molecular weight is 320 g/mol. The molecule has 2 rings (SSSR count). The Morgan fingerprint density at radius 2 is 2.24 bits per heavy atom. The molecule has 0 saturated carbocycles. The Balaban J connectivity index is 2.42. The molecule has 116 valence electrons. The number of alkyl halides is 1. The number of carbonyl (C=O) groups is 1. The normalized spacial score (nSPS) is 28.7. The van der Waals surface area contributed by atoms with Gasteiger partial charge < -0.3 is 20.1 Å². The van der Waals surface area contributed by atoms with Crippen LogP contribution in [0.3, 0.4) is 0 Å². The van der Waals surface area contributed by atoms with Crippen molar-refractivity contribution in [1.29, 1.82) is 0 Å². The van der Waals surface area contributed by atoms with Gasteiger partial charge in [-0.3, -0.25) is 19.1 Å². The molecule has 0 spiro atoms. The van der Waals surface area contributed by atoms with Crippen LogP contribution in [0.2, 0.25) is 0 Å². The van der Waals surface area contributed by atoms with E-state index < -0.39 is 49.2 Å². The van der Waals surface area contributed by atoms with E-state index >= 15 is 0 Å². The highest BCUT2D eigenvalue weighted by Gasteiger charge is 2.45. The zero-order chi connectivity index (χ0) is 15.7. The smallest absolute Gasteiger partial charge is 0.308 e. The van der Waals surface area contributed by atoms with Gasteiger partial charge in [0.2, 0.25) is 0 Å². The van der Waals surface area contributed by atoms with Crippen LogP contribution in [0.4, 0.5) is 4.39 Å². The summed E-state index contributed by atoms with van der Waals surface area (Å²) in [4.78, 5) is 24.5. The topological polar surface area (TPSA) is 125 Å². The molecule has 0 bridgehead atoms. The number of hydrogen-bond acceptors (Lipinski definition) is 6. The summed E-state index contributed by atoms with van der Waals surface area (Å²) in [6.45, 7) is -0.587. The van der Waals surface area contributed by atoms with Crippen molar-refractivity contribution in [3.63, 3.8) is 0 Å². The molecular formula is C11H13FN2O6S. The number of aliphatic hydroxyl groups is 2. The zero-order valence-electron chi connectivity index (χ0n) is 10.6. The fraction of sp³-hybridized carbons (Fsp3) is 0.545. The molecule has 4 atom stereocenters. The quantitative estimate of drug-likeness (QED) is 0.531. The molecule has 1 saturated heterocycles. The van der Waals surface area contributed by atoms with Gasteiger partial charge in [0.05, 0.1) is 13.0 Å². The van der Waals surface area contributed by atoms with Gasteiger partial charge in [-0.1, -0.05) is 0 Å². The number of halogens is 1. The number of aromatic amines is 1. The van der Waals surface area contributed by atoms with Gasteiger partial charge in [-0.2, -0.15) is 0 Å². The summed E-state index contributed by atoms with van der Waals surface area (Å²) in [5.74, 6) is -1.23. The van der Waals surface area contributed by atoms with Crippen LogP contribution in [0, 0.1) is 4.77 Å². The second-order valence-corrected chi connectivity index (χ2v) is 4.96. The van der Waals surface area contributed by atoms with Crippen molar-refractivity contribution in [1.82, 2.24) is 9.55 Å². The number of nitrogens with one attached hydrogen (secondary N) is 1. The lowest BCUT2D eigenvalue weighted by Gasteiger charge is -2.17. The van der Waals surface area contributed by atoms with Crippen LogP contribution < -0.4 is 5.56 Å². The van der Waals surface area contributed by atoms with Gasteiger partial charge in [0.25, 0.3) is 5.56 Å². The van der Waals surface area contributed by atoms with E-state index in [1.807, 2.05) is 0 Å². The third-order valence-corrected chi connectivity index (χ3v) is 3.44. The number of aliphatic carboxylic acids is 1. The van der Waals surface area contributed by atoms with Crippen molar-refractivity contribution >= 4 is 18.2 Å².